The summed E-state index contributed by atoms with van der Waals surface area (Å²) >= 11 is 1.25. The average Bonchev–Trinajstić information content (AvgIpc) is 3.57. The first-order valence-corrected chi connectivity index (χ1v) is 14.6. The number of hydrogen-bond acceptors (Lipinski definition) is 9. The fraction of sp³-hybridized carbons (Fsp3) is 0.464. The molecule has 4 heterocycles. The number of amides is 1. The van der Waals surface area contributed by atoms with Crippen LogP contribution in [0.3, 0.4) is 0 Å². The first-order valence-electron chi connectivity index (χ1n) is 13.8. The van der Waals surface area contributed by atoms with Gasteiger partial charge in [-0.25, -0.2) is 15.0 Å². The summed E-state index contributed by atoms with van der Waals surface area (Å²) in [5.41, 5.74) is 0.0977. The standard InChI is InChI=1S/C28H32F3N7O3S/c1-18-4-3-8-38(18)17-22-25(19-5-2-6-20(14-19)28(29,30)31)34-27(42-22)35-26(41)21-15-33-23(16-32-21)37-12-10-36(11-13-37)9-7-24(39)40/h2,5-6,14-16,18H,3-4,7-13,17H2,1H3,(H,39,40)(H,34,35,41)/t18-/m1/s1. The minimum Gasteiger partial charge on any atom is -0.481 e. The number of rotatable bonds is 9. The van der Waals surface area contributed by atoms with E-state index in [2.05, 4.69) is 37.0 Å². The number of nitrogens with zero attached hydrogens (tertiary/aromatic N) is 6. The van der Waals surface area contributed by atoms with Gasteiger partial charge in [-0.1, -0.05) is 23.5 Å². The van der Waals surface area contributed by atoms with Crippen LogP contribution in [0.2, 0.25) is 0 Å². The fourth-order valence-electron chi connectivity index (χ4n) is 5.21. The molecule has 1 amide bonds. The van der Waals surface area contributed by atoms with Crippen LogP contribution in [0, 0.1) is 0 Å². The molecule has 2 saturated heterocycles. The van der Waals surface area contributed by atoms with Crippen molar-refractivity contribution in [1.82, 2.24) is 24.8 Å². The van der Waals surface area contributed by atoms with Crippen LogP contribution in [0.15, 0.2) is 36.7 Å². The van der Waals surface area contributed by atoms with Crippen molar-refractivity contribution in [2.24, 2.45) is 0 Å². The lowest BCUT2D eigenvalue weighted by Gasteiger charge is -2.34. The van der Waals surface area contributed by atoms with Gasteiger partial charge in [-0.2, -0.15) is 13.2 Å². The maximum absolute atomic E-state index is 13.4. The topological polar surface area (TPSA) is 115 Å². The Kier molecular flexibility index (Phi) is 9.04. The van der Waals surface area contributed by atoms with E-state index in [1.54, 1.807) is 6.07 Å². The number of alkyl halides is 3. The van der Waals surface area contributed by atoms with Crippen molar-refractivity contribution >= 4 is 34.2 Å². The number of carboxylic acid groups (broad SMARTS) is 1. The molecular formula is C28H32F3N7O3S. The molecule has 2 aromatic heterocycles. The zero-order valence-electron chi connectivity index (χ0n) is 23.1. The van der Waals surface area contributed by atoms with Crippen LogP contribution in [0.4, 0.5) is 24.1 Å². The summed E-state index contributed by atoms with van der Waals surface area (Å²) in [6.45, 7) is 6.77. The van der Waals surface area contributed by atoms with Gasteiger partial charge >= 0.3 is 12.1 Å². The molecule has 2 aliphatic heterocycles. The van der Waals surface area contributed by atoms with Crippen LogP contribution in [-0.2, 0) is 17.5 Å². The molecule has 0 aliphatic carbocycles. The van der Waals surface area contributed by atoms with Crippen molar-refractivity contribution in [3.63, 3.8) is 0 Å². The van der Waals surface area contributed by atoms with Crippen LogP contribution >= 0.6 is 11.3 Å². The highest BCUT2D eigenvalue weighted by molar-refractivity contribution is 7.16. The molecule has 3 aromatic rings. The smallest absolute Gasteiger partial charge is 0.416 e. The van der Waals surface area contributed by atoms with Gasteiger partial charge in [0, 0.05) is 55.8 Å². The largest absolute Gasteiger partial charge is 0.481 e. The van der Waals surface area contributed by atoms with Gasteiger partial charge in [0.1, 0.15) is 11.5 Å². The number of carbonyl (C=O) groups excluding carboxylic acids is 1. The summed E-state index contributed by atoms with van der Waals surface area (Å²) in [7, 11) is 0. The van der Waals surface area contributed by atoms with Crippen molar-refractivity contribution in [1.29, 1.82) is 0 Å². The molecule has 224 valence electrons. The van der Waals surface area contributed by atoms with Gasteiger partial charge in [0.25, 0.3) is 5.91 Å². The number of hydrogen-bond donors (Lipinski definition) is 2. The molecule has 0 saturated carbocycles. The Morgan fingerprint density at radius 3 is 2.55 bits per heavy atom. The first kappa shape index (κ1) is 29.9. The maximum atomic E-state index is 13.4. The summed E-state index contributed by atoms with van der Waals surface area (Å²) in [4.78, 5) is 44.2. The van der Waals surface area contributed by atoms with E-state index in [9.17, 15) is 22.8 Å². The van der Waals surface area contributed by atoms with E-state index in [4.69, 9.17) is 5.11 Å². The van der Waals surface area contributed by atoms with Gasteiger partial charge in [-0.05, 0) is 38.4 Å². The lowest BCUT2D eigenvalue weighted by molar-refractivity contribution is -0.138. The summed E-state index contributed by atoms with van der Waals surface area (Å²) in [6, 6.07) is 5.44. The zero-order chi connectivity index (χ0) is 29.9. The van der Waals surface area contributed by atoms with Crippen molar-refractivity contribution in [2.45, 2.75) is 44.9 Å². The van der Waals surface area contributed by atoms with Crippen molar-refractivity contribution in [3.8, 4) is 11.3 Å². The Hall–Kier alpha value is -3.62. The van der Waals surface area contributed by atoms with E-state index < -0.39 is 23.6 Å². The van der Waals surface area contributed by atoms with Crippen LogP contribution < -0.4 is 10.2 Å². The molecule has 1 aromatic carbocycles. The van der Waals surface area contributed by atoms with Gasteiger partial charge < -0.3 is 10.0 Å². The molecule has 10 nitrogen and oxygen atoms in total. The SMILES string of the molecule is C[C@@H]1CCCN1Cc1sc(NC(=O)c2cnc(N3CCN(CCC(=O)O)CC3)cn2)nc1-c1cccc(C(F)(F)F)c1. The molecule has 2 N–H and O–H groups in total. The Balaban J connectivity index is 1.29. The summed E-state index contributed by atoms with van der Waals surface area (Å²) in [5.74, 6) is -0.718. The number of benzene rings is 1. The van der Waals surface area contributed by atoms with Gasteiger partial charge in [0.05, 0.1) is 30.1 Å². The lowest BCUT2D eigenvalue weighted by atomic mass is 10.1. The minimum atomic E-state index is -4.48. The van der Waals surface area contributed by atoms with E-state index in [1.165, 1.54) is 29.8 Å². The van der Waals surface area contributed by atoms with Crippen molar-refractivity contribution < 1.29 is 27.9 Å². The molecule has 0 radical (unpaired) electrons. The predicted molar refractivity (Wildman–Crippen MR) is 153 cm³/mol. The Bertz CT molecular complexity index is 1410. The van der Waals surface area contributed by atoms with E-state index in [0.717, 1.165) is 36.4 Å². The maximum Gasteiger partial charge on any atom is 0.416 e. The number of aromatic nitrogens is 3. The molecule has 2 aliphatic rings. The molecule has 14 heteroatoms. The summed E-state index contributed by atoms with van der Waals surface area (Å²) in [6.07, 6.45) is 0.635. The number of thiazole rings is 1. The monoisotopic (exact) mass is 603 g/mol. The quantitative estimate of drug-likeness (QED) is 0.366. The number of carboxylic acids is 1. The van der Waals surface area contributed by atoms with E-state index in [1.807, 2.05) is 4.90 Å². The van der Waals surface area contributed by atoms with Crippen LogP contribution in [-0.4, -0.2) is 87.0 Å². The number of piperazine rings is 1. The predicted octanol–water partition coefficient (Wildman–Crippen LogP) is 4.45. The number of anilines is 2. The number of nitrogens with one attached hydrogen (secondary N) is 1. The molecule has 1 atom stereocenters. The second-order valence-electron chi connectivity index (χ2n) is 10.5. The average molecular weight is 604 g/mol. The molecule has 5 rings (SSSR count). The minimum absolute atomic E-state index is 0.0874. The number of likely N-dealkylation sites (tertiary alicyclic amines) is 1. The Labute approximate surface area is 245 Å². The number of carbonyl (C=O) groups is 2. The van der Waals surface area contributed by atoms with Gasteiger partial charge in [0.2, 0.25) is 0 Å². The number of aliphatic carboxylic acids is 1. The van der Waals surface area contributed by atoms with Crippen molar-refractivity contribution in [3.05, 3.63) is 52.8 Å². The lowest BCUT2D eigenvalue weighted by Crippen LogP contribution is -2.47. The highest BCUT2D eigenvalue weighted by Gasteiger charge is 2.31. The third kappa shape index (κ3) is 7.23. The Morgan fingerprint density at radius 2 is 1.90 bits per heavy atom. The molecular weight excluding hydrogens is 571 g/mol. The molecule has 0 spiro atoms. The van der Waals surface area contributed by atoms with E-state index in [-0.39, 0.29) is 17.2 Å². The number of halogens is 3. The highest BCUT2D eigenvalue weighted by atomic mass is 32.1. The molecule has 0 unspecified atom stereocenters. The van der Waals surface area contributed by atoms with Crippen molar-refractivity contribution in [2.75, 3.05) is 49.5 Å². The Morgan fingerprint density at radius 1 is 1.12 bits per heavy atom. The highest BCUT2D eigenvalue weighted by Crippen LogP contribution is 2.37. The zero-order valence-corrected chi connectivity index (χ0v) is 23.9. The molecule has 0 bridgehead atoms. The molecule has 2 fully saturated rings. The third-order valence-electron chi connectivity index (χ3n) is 7.63. The second kappa shape index (κ2) is 12.7. The van der Waals surface area contributed by atoms with E-state index >= 15 is 0 Å². The summed E-state index contributed by atoms with van der Waals surface area (Å²) in [5, 5.41) is 11.9. The summed E-state index contributed by atoms with van der Waals surface area (Å²) < 4.78 is 40.3. The van der Waals surface area contributed by atoms with Gasteiger partial charge in [0.15, 0.2) is 5.13 Å². The molecule has 42 heavy (non-hydrogen) atoms. The van der Waals surface area contributed by atoms with Crippen LogP contribution in [0.1, 0.15) is 47.1 Å². The second-order valence-corrected chi connectivity index (χ2v) is 11.6. The van der Waals surface area contributed by atoms with Crippen LogP contribution in [0.5, 0.6) is 0 Å². The van der Waals surface area contributed by atoms with Gasteiger partial charge in [-0.3, -0.25) is 24.7 Å². The van der Waals surface area contributed by atoms with Crippen LogP contribution in [0.25, 0.3) is 11.3 Å². The third-order valence-corrected chi connectivity index (χ3v) is 8.58. The van der Waals surface area contributed by atoms with Gasteiger partial charge in [-0.15, -0.1) is 0 Å². The fourth-order valence-corrected chi connectivity index (χ4v) is 6.21. The van der Waals surface area contributed by atoms with E-state index in [0.29, 0.717) is 62.4 Å². The first-order chi connectivity index (χ1) is 20.1. The normalized spacial score (nSPS) is 18.4.